The Labute approximate surface area is 149 Å². The number of nitrogens with one attached hydrogen (secondary N) is 2. The molecule has 0 aliphatic carbocycles. The number of aromatic nitrogens is 6. The molecule has 0 amide bonds. The molecule has 0 unspecified atom stereocenters. The van der Waals surface area contributed by atoms with E-state index in [1.165, 1.54) is 17.1 Å². The molecule has 0 saturated carbocycles. The van der Waals surface area contributed by atoms with Crippen molar-refractivity contribution in [3.8, 4) is 0 Å². The van der Waals surface area contributed by atoms with Gasteiger partial charge in [0.25, 0.3) is 0 Å². The van der Waals surface area contributed by atoms with Crippen LogP contribution in [0.5, 0.6) is 0 Å². The highest BCUT2D eigenvalue weighted by Gasteiger charge is 2.16. The van der Waals surface area contributed by atoms with Gasteiger partial charge in [0.1, 0.15) is 22.4 Å². The Balaban J connectivity index is 1.52. The quantitative estimate of drug-likeness (QED) is 0.533. The minimum absolute atomic E-state index is 0.138. The smallest absolute Gasteiger partial charge is 0.243 e. The lowest BCUT2D eigenvalue weighted by Crippen LogP contribution is -2.25. The van der Waals surface area contributed by atoms with E-state index in [1.807, 2.05) is 16.8 Å². The van der Waals surface area contributed by atoms with Crippen LogP contribution in [0, 0.1) is 0 Å². The maximum atomic E-state index is 12.2. The van der Waals surface area contributed by atoms with Crippen molar-refractivity contribution in [2.24, 2.45) is 7.05 Å². The molecule has 10 heteroatoms. The Hall–Kier alpha value is -2.98. The molecule has 9 nitrogen and oxygen atoms in total. The molecular formula is C16H17N7O2S. The zero-order chi connectivity index (χ0) is 18.3. The van der Waals surface area contributed by atoms with Gasteiger partial charge in [0.2, 0.25) is 10.0 Å². The first kappa shape index (κ1) is 16.5. The van der Waals surface area contributed by atoms with Crippen LogP contribution in [0.2, 0.25) is 0 Å². The van der Waals surface area contributed by atoms with Gasteiger partial charge in [-0.15, -0.1) is 0 Å². The zero-order valence-corrected chi connectivity index (χ0v) is 14.9. The molecule has 0 aliphatic rings. The topological polar surface area (TPSA) is 110 Å². The molecule has 0 bridgehead atoms. The summed E-state index contributed by atoms with van der Waals surface area (Å²) in [6, 6.07) is 1.93. The second-order valence-corrected chi connectivity index (χ2v) is 7.68. The first-order chi connectivity index (χ1) is 12.5. The highest BCUT2D eigenvalue weighted by atomic mass is 32.2. The van der Waals surface area contributed by atoms with Crippen molar-refractivity contribution < 1.29 is 8.42 Å². The number of aromatic amines is 1. The van der Waals surface area contributed by atoms with E-state index in [0.717, 1.165) is 27.8 Å². The van der Waals surface area contributed by atoms with E-state index in [0.29, 0.717) is 6.42 Å². The average Bonchev–Trinajstić information content (AvgIpc) is 3.32. The first-order valence-electron chi connectivity index (χ1n) is 7.91. The summed E-state index contributed by atoms with van der Waals surface area (Å²) in [4.78, 5) is 11.9. The fourth-order valence-electron chi connectivity index (χ4n) is 2.82. The van der Waals surface area contributed by atoms with E-state index >= 15 is 0 Å². The van der Waals surface area contributed by atoms with Crippen molar-refractivity contribution in [1.82, 2.24) is 34.0 Å². The van der Waals surface area contributed by atoms with Crippen LogP contribution in [0.15, 0.2) is 48.7 Å². The molecule has 0 saturated heterocycles. The molecule has 4 aromatic heterocycles. The second-order valence-electron chi connectivity index (χ2n) is 5.91. The fourth-order valence-corrected chi connectivity index (χ4v) is 3.83. The number of nitrogens with zero attached hydrogens (tertiary/aromatic N) is 5. The molecule has 4 heterocycles. The molecular weight excluding hydrogens is 354 g/mol. The molecule has 0 fully saturated rings. The lowest BCUT2D eigenvalue weighted by molar-refractivity contribution is 0.582. The predicted octanol–water partition coefficient (Wildman–Crippen LogP) is 1.49. The van der Waals surface area contributed by atoms with E-state index in [2.05, 4.69) is 31.4 Å². The number of aryl methyl sites for hydroxylation is 1. The summed E-state index contributed by atoms with van der Waals surface area (Å²) in [6.45, 7) is 4.30. The van der Waals surface area contributed by atoms with Gasteiger partial charge < -0.3 is 9.55 Å². The van der Waals surface area contributed by atoms with Gasteiger partial charge in [-0.2, -0.15) is 5.10 Å². The Morgan fingerprint density at radius 1 is 1.35 bits per heavy atom. The number of pyridine rings is 1. The van der Waals surface area contributed by atoms with Gasteiger partial charge in [-0.05, 0) is 6.07 Å². The van der Waals surface area contributed by atoms with Crippen LogP contribution in [0.4, 0.5) is 0 Å². The molecule has 0 aliphatic heterocycles. The summed E-state index contributed by atoms with van der Waals surface area (Å²) in [6.07, 6.45) is 8.39. The van der Waals surface area contributed by atoms with Gasteiger partial charge in [-0.25, -0.2) is 23.1 Å². The molecule has 0 atom stereocenters. The van der Waals surface area contributed by atoms with Crippen LogP contribution in [0.3, 0.4) is 0 Å². The third kappa shape index (κ3) is 2.78. The predicted molar refractivity (Wildman–Crippen MR) is 97.7 cm³/mol. The van der Waals surface area contributed by atoms with E-state index in [-0.39, 0.29) is 11.4 Å². The second kappa shape index (κ2) is 6.07. The highest BCUT2D eigenvalue weighted by Crippen LogP contribution is 2.25. The largest absolute Gasteiger partial charge is 0.346 e. The summed E-state index contributed by atoms with van der Waals surface area (Å²) >= 11 is 0. The molecule has 26 heavy (non-hydrogen) atoms. The number of rotatable bonds is 6. The summed E-state index contributed by atoms with van der Waals surface area (Å²) < 4.78 is 30.4. The Morgan fingerprint density at radius 3 is 2.96 bits per heavy atom. The monoisotopic (exact) mass is 371 g/mol. The van der Waals surface area contributed by atoms with Gasteiger partial charge in [-0.3, -0.25) is 4.68 Å². The lowest BCUT2D eigenvalue weighted by Gasteiger charge is -2.10. The standard InChI is InChI=1S/C16H17N7O2S/c1-11(3-6-21-26(24,25)12-7-20-22(2)9-12)23-10-19-14-8-18-16-13(15(14)23)4-5-17-16/h4-5,7-10,21H,1,3,6H2,2H3,(H,17,18). The van der Waals surface area contributed by atoms with Crippen molar-refractivity contribution in [2.75, 3.05) is 6.54 Å². The number of hydrogen-bond acceptors (Lipinski definition) is 5. The van der Waals surface area contributed by atoms with Crippen LogP contribution < -0.4 is 4.72 Å². The Kier molecular flexibility index (Phi) is 3.85. The van der Waals surface area contributed by atoms with E-state index in [1.54, 1.807) is 19.6 Å². The summed E-state index contributed by atoms with van der Waals surface area (Å²) in [5, 5.41) is 4.83. The van der Waals surface area contributed by atoms with Crippen LogP contribution in [0.1, 0.15) is 6.42 Å². The first-order valence-corrected chi connectivity index (χ1v) is 9.39. The molecule has 134 valence electrons. The van der Waals surface area contributed by atoms with Crippen molar-refractivity contribution in [1.29, 1.82) is 0 Å². The molecule has 0 spiro atoms. The molecule has 0 aromatic carbocycles. The summed E-state index contributed by atoms with van der Waals surface area (Å²) in [5.41, 5.74) is 3.16. The molecule has 4 rings (SSSR count). The van der Waals surface area contributed by atoms with Gasteiger partial charge >= 0.3 is 0 Å². The van der Waals surface area contributed by atoms with Crippen LogP contribution in [0.25, 0.3) is 27.8 Å². The van der Waals surface area contributed by atoms with Crippen molar-refractivity contribution in [3.63, 3.8) is 0 Å². The van der Waals surface area contributed by atoms with Crippen LogP contribution >= 0.6 is 0 Å². The van der Waals surface area contributed by atoms with Crippen molar-refractivity contribution >= 4 is 37.8 Å². The maximum absolute atomic E-state index is 12.2. The molecule has 4 aromatic rings. The van der Waals surface area contributed by atoms with E-state index in [9.17, 15) is 8.42 Å². The number of sulfonamides is 1. The fraction of sp³-hybridized carbons (Fsp3) is 0.188. The van der Waals surface area contributed by atoms with Crippen LogP contribution in [-0.4, -0.2) is 44.3 Å². The Morgan fingerprint density at radius 2 is 2.19 bits per heavy atom. The Bertz CT molecular complexity index is 1220. The summed E-state index contributed by atoms with van der Waals surface area (Å²) in [5.74, 6) is 0. The zero-order valence-electron chi connectivity index (χ0n) is 14.0. The minimum Gasteiger partial charge on any atom is -0.346 e. The maximum Gasteiger partial charge on any atom is 0.243 e. The number of hydrogen-bond donors (Lipinski definition) is 2. The molecule has 0 radical (unpaired) electrons. The summed E-state index contributed by atoms with van der Waals surface area (Å²) in [7, 11) is -1.92. The average molecular weight is 371 g/mol. The van der Waals surface area contributed by atoms with Gasteiger partial charge in [0, 0.05) is 43.5 Å². The normalized spacial score (nSPS) is 12.2. The van der Waals surface area contributed by atoms with E-state index < -0.39 is 10.0 Å². The van der Waals surface area contributed by atoms with Gasteiger partial charge in [-0.1, -0.05) is 6.58 Å². The van der Waals surface area contributed by atoms with Crippen molar-refractivity contribution in [2.45, 2.75) is 11.3 Å². The van der Waals surface area contributed by atoms with Gasteiger partial charge in [0.15, 0.2) is 0 Å². The third-order valence-electron chi connectivity index (χ3n) is 4.13. The third-order valence-corrected chi connectivity index (χ3v) is 5.55. The molecule has 2 N–H and O–H groups in total. The lowest BCUT2D eigenvalue weighted by atomic mass is 10.2. The number of imidazole rings is 1. The SMILES string of the molecule is C=C(CCNS(=O)(=O)c1cnn(C)c1)n1cnc2cnc3[nH]ccc3c21. The van der Waals surface area contributed by atoms with Crippen molar-refractivity contribution in [3.05, 3.63) is 43.8 Å². The van der Waals surface area contributed by atoms with E-state index in [4.69, 9.17) is 0 Å². The minimum atomic E-state index is -3.59. The van der Waals surface area contributed by atoms with Crippen LogP contribution in [-0.2, 0) is 17.1 Å². The highest BCUT2D eigenvalue weighted by molar-refractivity contribution is 7.89. The number of fused-ring (bicyclic) bond motifs is 3. The number of H-pyrrole nitrogens is 1. The van der Waals surface area contributed by atoms with Gasteiger partial charge in [0.05, 0.1) is 17.9 Å².